The number of nitrogens with one attached hydrogen (secondary N) is 2. The predicted molar refractivity (Wildman–Crippen MR) is 73.8 cm³/mol. The van der Waals surface area contributed by atoms with Gasteiger partial charge in [0.2, 0.25) is 5.91 Å². The molecule has 0 fully saturated rings. The molecule has 0 radical (unpaired) electrons. The van der Waals surface area contributed by atoms with E-state index >= 15 is 0 Å². The van der Waals surface area contributed by atoms with Crippen LogP contribution in [0, 0.1) is 0 Å². The van der Waals surface area contributed by atoms with E-state index in [2.05, 4.69) is 15.3 Å². The SMILES string of the molecule is CN(CC(=O)NCc1cnc[nH]1)C(=O)c1ccccc1. The van der Waals surface area contributed by atoms with Gasteiger partial charge in [0, 0.05) is 18.8 Å². The van der Waals surface area contributed by atoms with Gasteiger partial charge in [-0.3, -0.25) is 9.59 Å². The molecule has 6 nitrogen and oxygen atoms in total. The second-order valence-electron chi connectivity index (χ2n) is 4.38. The minimum Gasteiger partial charge on any atom is -0.349 e. The molecule has 1 heterocycles. The van der Waals surface area contributed by atoms with Crippen LogP contribution in [-0.2, 0) is 11.3 Å². The third kappa shape index (κ3) is 3.68. The molecule has 0 aliphatic heterocycles. The van der Waals surface area contributed by atoms with Crippen LogP contribution < -0.4 is 5.32 Å². The lowest BCUT2D eigenvalue weighted by Crippen LogP contribution is -2.38. The van der Waals surface area contributed by atoms with E-state index in [9.17, 15) is 9.59 Å². The van der Waals surface area contributed by atoms with E-state index in [1.807, 2.05) is 6.07 Å². The molecule has 2 amide bonds. The molecule has 20 heavy (non-hydrogen) atoms. The Balaban J connectivity index is 1.83. The number of hydrogen-bond acceptors (Lipinski definition) is 3. The topological polar surface area (TPSA) is 78.1 Å². The Kier molecular flexibility index (Phi) is 4.49. The van der Waals surface area contributed by atoms with Gasteiger partial charge in [-0.15, -0.1) is 0 Å². The number of nitrogens with zero attached hydrogens (tertiary/aromatic N) is 2. The highest BCUT2D eigenvalue weighted by molar-refractivity contribution is 5.96. The number of aromatic amines is 1. The number of rotatable bonds is 5. The van der Waals surface area contributed by atoms with Gasteiger partial charge in [0.25, 0.3) is 5.91 Å². The van der Waals surface area contributed by atoms with Crippen molar-refractivity contribution >= 4 is 11.8 Å². The smallest absolute Gasteiger partial charge is 0.254 e. The first-order chi connectivity index (χ1) is 9.66. The summed E-state index contributed by atoms with van der Waals surface area (Å²) in [5.74, 6) is -0.395. The summed E-state index contributed by atoms with van der Waals surface area (Å²) in [6.07, 6.45) is 3.19. The van der Waals surface area contributed by atoms with Crippen molar-refractivity contribution in [3.8, 4) is 0 Å². The van der Waals surface area contributed by atoms with Gasteiger partial charge in [-0.2, -0.15) is 0 Å². The van der Waals surface area contributed by atoms with Crippen molar-refractivity contribution in [3.63, 3.8) is 0 Å². The fourth-order valence-electron chi connectivity index (χ4n) is 1.72. The molecule has 6 heteroatoms. The van der Waals surface area contributed by atoms with Gasteiger partial charge < -0.3 is 15.2 Å². The fourth-order valence-corrected chi connectivity index (χ4v) is 1.72. The Morgan fingerprint density at radius 3 is 2.70 bits per heavy atom. The Hall–Kier alpha value is -2.63. The zero-order valence-electron chi connectivity index (χ0n) is 11.2. The molecule has 0 saturated carbocycles. The van der Waals surface area contributed by atoms with E-state index in [0.29, 0.717) is 12.1 Å². The normalized spacial score (nSPS) is 10.1. The van der Waals surface area contributed by atoms with Crippen LogP contribution in [0.4, 0.5) is 0 Å². The lowest BCUT2D eigenvalue weighted by Gasteiger charge is -2.16. The van der Waals surface area contributed by atoms with E-state index in [4.69, 9.17) is 0 Å². The molecule has 1 aromatic carbocycles. The summed E-state index contributed by atoms with van der Waals surface area (Å²) in [6, 6.07) is 8.87. The van der Waals surface area contributed by atoms with Gasteiger partial charge in [-0.1, -0.05) is 18.2 Å². The van der Waals surface area contributed by atoms with Crippen LogP contribution in [0.25, 0.3) is 0 Å². The molecule has 2 rings (SSSR count). The largest absolute Gasteiger partial charge is 0.349 e. The van der Waals surface area contributed by atoms with E-state index in [-0.39, 0.29) is 18.4 Å². The predicted octanol–water partition coefficient (Wildman–Crippen LogP) is 0.798. The van der Waals surface area contributed by atoms with Crippen LogP contribution in [0.15, 0.2) is 42.9 Å². The molecule has 1 aromatic heterocycles. The van der Waals surface area contributed by atoms with E-state index in [1.54, 1.807) is 43.8 Å². The maximum absolute atomic E-state index is 12.0. The summed E-state index contributed by atoms with van der Waals surface area (Å²) in [5, 5.41) is 2.72. The molecule has 0 bridgehead atoms. The number of imidazole rings is 1. The molecule has 0 aliphatic carbocycles. The Morgan fingerprint density at radius 2 is 2.05 bits per heavy atom. The number of likely N-dealkylation sites (N-methyl/N-ethyl adjacent to an activating group) is 1. The van der Waals surface area contributed by atoms with Gasteiger partial charge >= 0.3 is 0 Å². The maximum Gasteiger partial charge on any atom is 0.254 e. The standard InChI is InChI=1S/C14H16N4O2/c1-18(14(20)11-5-3-2-4-6-11)9-13(19)16-8-12-7-15-10-17-12/h2-7,10H,8-9H2,1H3,(H,15,17)(H,16,19). The van der Waals surface area contributed by atoms with Crippen LogP contribution in [-0.4, -0.2) is 40.3 Å². The van der Waals surface area contributed by atoms with E-state index in [1.165, 1.54) is 4.90 Å². The molecule has 104 valence electrons. The summed E-state index contributed by atoms with van der Waals surface area (Å²) < 4.78 is 0. The maximum atomic E-state index is 12.0. The van der Waals surface area contributed by atoms with E-state index < -0.39 is 0 Å². The summed E-state index contributed by atoms with van der Waals surface area (Å²) in [6.45, 7) is 0.383. The second kappa shape index (κ2) is 6.51. The molecule has 2 aromatic rings. The number of aromatic nitrogens is 2. The lowest BCUT2D eigenvalue weighted by atomic mass is 10.2. The Bertz CT molecular complexity index is 566. The highest BCUT2D eigenvalue weighted by Crippen LogP contribution is 2.02. The van der Waals surface area contributed by atoms with Crippen molar-refractivity contribution in [1.29, 1.82) is 0 Å². The minimum atomic E-state index is -0.216. The molecule has 0 atom stereocenters. The molecule has 0 unspecified atom stereocenters. The third-order valence-electron chi connectivity index (χ3n) is 2.78. The number of benzene rings is 1. The van der Waals surface area contributed by atoms with Gasteiger partial charge in [-0.25, -0.2) is 4.98 Å². The van der Waals surface area contributed by atoms with Gasteiger partial charge in [0.1, 0.15) is 0 Å². The number of carbonyl (C=O) groups excluding carboxylic acids is 2. The number of hydrogen-bond donors (Lipinski definition) is 2. The molecule has 0 saturated heterocycles. The molecular formula is C14H16N4O2. The van der Waals surface area contributed by atoms with Crippen molar-refractivity contribution in [2.45, 2.75) is 6.54 Å². The summed E-state index contributed by atoms with van der Waals surface area (Å²) in [7, 11) is 1.60. The monoisotopic (exact) mass is 272 g/mol. The molecule has 2 N–H and O–H groups in total. The highest BCUT2D eigenvalue weighted by atomic mass is 16.2. The van der Waals surface area contributed by atoms with Gasteiger partial charge in [0.05, 0.1) is 25.1 Å². The van der Waals surface area contributed by atoms with Crippen molar-refractivity contribution in [1.82, 2.24) is 20.2 Å². The molecule has 0 spiro atoms. The minimum absolute atomic E-state index is 0.0157. The van der Waals surface area contributed by atoms with Crippen LogP contribution in [0.5, 0.6) is 0 Å². The summed E-state index contributed by atoms with van der Waals surface area (Å²) in [4.78, 5) is 31.9. The van der Waals surface area contributed by atoms with Gasteiger partial charge in [0.15, 0.2) is 0 Å². The lowest BCUT2D eigenvalue weighted by molar-refractivity contribution is -0.121. The molecular weight excluding hydrogens is 256 g/mol. The van der Waals surface area contributed by atoms with Crippen molar-refractivity contribution in [3.05, 3.63) is 54.1 Å². The first-order valence-electron chi connectivity index (χ1n) is 6.21. The average Bonchev–Trinajstić information content (AvgIpc) is 2.98. The van der Waals surface area contributed by atoms with Crippen LogP contribution >= 0.6 is 0 Å². The van der Waals surface area contributed by atoms with Gasteiger partial charge in [-0.05, 0) is 12.1 Å². The highest BCUT2D eigenvalue weighted by Gasteiger charge is 2.14. The third-order valence-corrected chi connectivity index (χ3v) is 2.78. The molecule has 0 aliphatic rings. The van der Waals surface area contributed by atoms with Crippen LogP contribution in [0.3, 0.4) is 0 Å². The van der Waals surface area contributed by atoms with E-state index in [0.717, 1.165) is 5.69 Å². The van der Waals surface area contributed by atoms with Crippen molar-refractivity contribution in [2.75, 3.05) is 13.6 Å². The first kappa shape index (κ1) is 13.8. The Morgan fingerprint density at radius 1 is 1.30 bits per heavy atom. The second-order valence-corrected chi connectivity index (χ2v) is 4.38. The zero-order valence-corrected chi connectivity index (χ0v) is 11.2. The summed E-state index contributed by atoms with van der Waals surface area (Å²) >= 11 is 0. The number of amides is 2. The fraction of sp³-hybridized carbons (Fsp3) is 0.214. The number of H-pyrrole nitrogens is 1. The average molecular weight is 272 g/mol. The first-order valence-corrected chi connectivity index (χ1v) is 6.21. The van der Waals surface area contributed by atoms with Crippen molar-refractivity contribution in [2.24, 2.45) is 0 Å². The quantitative estimate of drug-likeness (QED) is 0.845. The van der Waals surface area contributed by atoms with Crippen molar-refractivity contribution < 1.29 is 9.59 Å². The Labute approximate surface area is 116 Å². The number of carbonyl (C=O) groups is 2. The summed E-state index contributed by atoms with van der Waals surface area (Å²) in [5.41, 5.74) is 1.38. The van der Waals surface area contributed by atoms with Crippen LogP contribution in [0.2, 0.25) is 0 Å². The zero-order chi connectivity index (χ0) is 14.4. The van der Waals surface area contributed by atoms with Crippen LogP contribution in [0.1, 0.15) is 16.1 Å².